The van der Waals surface area contributed by atoms with Crippen molar-refractivity contribution < 1.29 is 5.11 Å². The van der Waals surface area contributed by atoms with E-state index in [1.165, 1.54) is 51.4 Å². The molecule has 0 heterocycles. The summed E-state index contributed by atoms with van der Waals surface area (Å²) in [6.45, 7) is 3.91. The van der Waals surface area contributed by atoms with Crippen molar-refractivity contribution in [2.45, 2.75) is 57.0 Å². The van der Waals surface area contributed by atoms with Crippen LogP contribution < -0.4 is 0 Å². The highest BCUT2D eigenvalue weighted by atomic mass is 16.3. The highest BCUT2D eigenvalue weighted by Gasteiger charge is 2.69. The molecule has 1 spiro atoms. The van der Waals surface area contributed by atoms with Gasteiger partial charge in [0, 0.05) is 5.41 Å². The number of fused-ring (bicyclic) bond motifs is 2. The molecule has 3 atom stereocenters. The normalized spacial score (nSPS) is 47.3. The first-order valence-electron chi connectivity index (χ1n) is 6.60. The molecule has 3 rings (SSSR count). The van der Waals surface area contributed by atoms with Gasteiger partial charge in [-0.3, -0.25) is 0 Å². The Morgan fingerprint density at radius 2 is 1.67 bits per heavy atom. The SMILES string of the molecule is C=C[C@]1(O)[C@H]2CCC[C@H]2C12CCCCC2. The first-order chi connectivity index (χ1) is 7.24. The molecule has 0 radical (unpaired) electrons. The monoisotopic (exact) mass is 206 g/mol. The van der Waals surface area contributed by atoms with Crippen molar-refractivity contribution in [2.24, 2.45) is 17.3 Å². The van der Waals surface area contributed by atoms with Gasteiger partial charge in [0.2, 0.25) is 0 Å². The molecule has 0 aromatic rings. The zero-order valence-corrected chi connectivity index (χ0v) is 9.54. The zero-order valence-electron chi connectivity index (χ0n) is 9.54. The molecule has 1 heteroatoms. The van der Waals surface area contributed by atoms with E-state index < -0.39 is 5.60 Å². The Bertz CT molecular complexity index is 277. The molecule has 0 aliphatic heterocycles. The van der Waals surface area contributed by atoms with E-state index in [2.05, 4.69) is 6.58 Å². The third-order valence-electron chi connectivity index (χ3n) is 5.65. The zero-order chi connectivity index (χ0) is 10.5. The van der Waals surface area contributed by atoms with Crippen LogP contribution in [0.25, 0.3) is 0 Å². The van der Waals surface area contributed by atoms with Gasteiger partial charge in [-0.25, -0.2) is 0 Å². The molecule has 3 aliphatic rings. The van der Waals surface area contributed by atoms with Crippen LogP contribution in [0.15, 0.2) is 12.7 Å². The second-order valence-electron chi connectivity index (χ2n) is 5.89. The third kappa shape index (κ3) is 0.982. The Morgan fingerprint density at radius 1 is 1.00 bits per heavy atom. The number of hydrogen-bond acceptors (Lipinski definition) is 1. The summed E-state index contributed by atoms with van der Waals surface area (Å²) in [6, 6.07) is 0. The van der Waals surface area contributed by atoms with Crippen molar-refractivity contribution in [3.8, 4) is 0 Å². The molecule has 0 unspecified atom stereocenters. The van der Waals surface area contributed by atoms with Crippen molar-refractivity contribution in [3.05, 3.63) is 12.7 Å². The Hall–Kier alpha value is -0.300. The van der Waals surface area contributed by atoms with Crippen molar-refractivity contribution >= 4 is 0 Å². The lowest BCUT2D eigenvalue weighted by Gasteiger charge is -2.66. The molecular formula is C14H22O. The van der Waals surface area contributed by atoms with Gasteiger partial charge in [-0.15, -0.1) is 6.58 Å². The van der Waals surface area contributed by atoms with Crippen LogP contribution in [0, 0.1) is 17.3 Å². The first kappa shape index (κ1) is 9.89. The minimum Gasteiger partial charge on any atom is -0.385 e. The lowest BCUT2D eigenvalue weighted by Crippen LogP contribution is -2.68. The molecule has 15 heavy (non-hydrogen) atoms. The van der Waals surface area contributed by atoms with E-state index in [1.54, 1.807) is 0 Å². The van der Waals surface area contributed by atoms with E-state index in [1.807, 2.05) is 6.08 Å². The molecule has 1 nitrogen and oxygen atoms in total. The van der Waals surface area contributed by atoms with E-state index in [-0.39, 0.29) is 5.41 Å². The lowest BCUT2D eigenvalue weighted by atomic mass is 9.41. The first-order valence-corrected chi connectivity index (χ1v) is 6.60. The van der Waals surface area contributed by atoms with E-state index in [4.69, 9.17) is 0 Å². The largest absolute Gasteiger partial charge is 0.385 e. The van der Waals surface area contributed by atoms with Gasteiger partial charge >= 0.3 is 0 Å². The van der Waals surface area contributed by atoms with E-state index in [0.717, 1.165) is 5.92 Å². The predicted octanol–water partition coefficient (Wildman–Crippen LogP) is 3.28. The molecule has 1 N–H and O–H groups in total. The summed E-state index contributed by atoms with van der Waals surface area (Å²) in [5.41, 5.74) is -0.261. The van der Waals surface area contributed by atoms with Crippen LogP contribution in [-0.2, 0) is 0 Å². The van der Waals surface area contributed by atoms with E-state index in [9.17, 15) is 5.11 Å². The molecule has 84 valence electrons. The van der Waals surface area contributed by atoms with Crippen LogP contribution >= 0.6 is 0 Å². The highest BCUT2D eigenvalue weighted by Crippen LogP contribution is 2.70. The van der Waals surface area contributed by atoms with Crippen LogP contribution in [0.3, 0.4) is 0 Å². The van der Waals surface area contributed by atoms with E-state index in [0.29, 0.717) is 5.92 Å². The maximum atomic E-state index is 10.8. The molecular weight excluding hydrogens is 184 g/mol. The van der Waals surface area contributed by atoms with Gasteiger partial charge in [-0.1, -0.05) is 31.8 Å². The lowest BCUT2D eigenvalue weighted by molar-refractivity contribution is -0.237. The number of rotatable bonds is 1. The average molecular weight is 206 g/mol. The second-order valence-corrected chi connectivity index (χ2v) is 5.89. The number of aliphatic hydroxyl groups is 1. The summed E-state index contributed by atoms with van der Waals surface area (Å²) in [4.78, 5) is 0. The van der Waals surface area contributed by atoms with Gasteiger partial charge in [-0.2, -0.15) is 0 Å². The quantitative estimate of drug-likeness (QED) is 0.653. The molecule has 0 aromatic heterocycles. The Morgan fingerprint density at radius 3 is 2.33 bits per heavy atom. The second kappa shape index (κ2) is 3.10. The molecule has 3 fully saturated rings. The highest BCUT2D eigenvalue weighted by molar-refractivity contribution is 5.26. The summed E-state index contributed by atoms with van der Waals surface area (Å²) >= 11 is 0. The van der Waals surface area contributed by atoms with Crippen LogP contribution in [0.5, 0.6) is 0 Å². The van der Waals surface area contributed by atoms with Gasteiger partial charge in [-0.05, 0) is 37.5 Å². The fraction of sp³-hybridized carbons (Fsp3) is 0.857. The topological polar surface area (TPSA) is 20.2 Å². The van der Waals surface area contributed by atoms with Crippen LogP contribution in [-0.4, -0.2) is 10.7 Å². The third-order valence-corrected chi connectivity index (χ3v) is 5.65. The summed E-state index contributed by atoms with van der Waals surface area (Å²) in [5, 5.41) is 10.8. The van der Waals surface area contributed by atoms with Crippen molar-refractivity contribution in [1.82, 2.24) is 0 Å². The molecule has 3 aliphatic carbocycles. The average Bonchev–Trinajstić information content (AvgIpc) is 2.76. The Kier molecular flexibility index (Phi) is 2.04. The summed E-state index contributed by atoms with van der Waals surface area (Å²) in [6.07, 6.45) is 12.3. The van der Waals surface area contributed by atoms with E-state index >= 15 is 0 Å². The summed E-state index contributed by atoms with van der Waals surface area (Å²) < 4.78 is 0. The Labute approximate surface area is 92.6 Å². The van der Waals surface area contributed by atoms with Crippen LogP contribution in [0.1, 0.15) is 51.4 Å². The predicted molar refractivity (Wildman–Crippen MR) is 61.5 cm³/mol. The maximum absolute atomic E-state index is 10.8. The molecule has 0 aromatic carbocycles. The van der Waals surface area contributed by atoms with Gasteiger partial charge in [0.25, 0.3) is 0 Å². The van der Waals surface area contributed by atoms with Crippen molar-refractivity contribution in [3.63, 3.8) is 0 Å². The van der Waals surface area contributed by atoms with Gasteiger partial charge in [0.15, 0.2) is 0 Å². The van der Waals surface area contributed by atoms with Gasteiger partial charge < -0.3 is 5.11 Å². The smallest absolute Gasteiger partial charge is 0.0914 e. The molecule has 0 saturated heterocycles. The molecule has 0 bridgehead atoms. The van der Waals surface area contributed by atoms with Crippen molar-refractivity contribution in [1.29, 1.82) is 0 Å². The Balaban J connectivity index is 1.95. The molecule has 0 amide bonds. The standard InChI is InChI=1S/C14H22O/c1-2-14(15)12-8-6-7-11(12)13(14)9-4-3-5-10-13/h2,11-12,15H,1,3-10H2/t11-,12+,14+/m1/s1. The van der Waals surface area contributed by atoms with Crippen LogP contribution in [0.4, 0.5) is 0 Å². The minimum atomic E-state index is -0.505. The van der Waals surface area contributed by atoms with Crippen LogP contribution in [0.2, 0.25) is 0 Å². The molecule has 3 saturated carbocycles. The van der Waals surface area contributed by atoms with Gasteiger partial charge in [0.1, 0.15) is 0 Å². The summed E-state index contributed by atoms with van der Waals surface area (Å²) in [5.74, 6) is 1.37. The fourth-order valence-electron chi connectivity index (χ4n) is 5.03. The number of hydrogen-bond donors (Lipinski definition) is 1. The summed E-state index contributed by atoms with van der Waals surface area (Å²) in [7, 11) is 0. The van der Waals surface area contributed by atoms with Crippen molar-refractivity contribution in [2.75, 3.05) is 0 Å². The minimum absolute atomic E-state index is 0.244. The fourth-order valence-corrected chi connectivity index (χ4v) is 5.03. The maximum Gasteiger partial charge on any atom is 0.0914 e. The van der Waals surface area contributed by atoms with Gasteiger partial charge in [0.05, 0.1) is 5.60 Å².